The Hall–Kier alpha value is -4.03. The van der Waals surface area contributed by atoms with Crippen molar-refractivity contribution >= 4 is 34.1 Å². The van der Waals surface area contributed by atoms with Crippen LogP contribution < -0.4 is 15.4 Å². The van der Waals surface area contributed by atoms with Gasteiger partial charge in [0.25, 0.3) is 5.88 Å². The molecule has 0 radical (unpaired) electrons. The number of carbonyl (C=O) groups is 1. The molecule has 0 saturated carbocycles. The summed E-state index contributed by atoms with van der Waals surface area (Å²) < 4.78 is 6.98. The monoisotopic (exact) mass is 518 g/mol. The Morgan fingerprint density at radius 1 is 1.16 bits per heavy atom. The molecule has 3 N–H and O–H groups in total. The number of H-pyrrole nitrogens is 1. The van der Waals surface area contributed by atoms with E-state index in [2.05, 4.69) is 54.7 Å². The van der Waals surface area contributed by atoms with Crippen molar-refractivity contribution in [3.63, 3.8) is 0 Å². The van der Waals surface area contributed by atoms with Crippen LogP contribution in [0.5, 0.6) is 5.88 Å². The zero-order valence-electron chi connectivity index (χ0n) is 22.4. The SMILES string of the molecule is CC[C@@H](C(=O)Nc1cccc2c(-c3nc(Nc4cn(C)nc4OC)ncc3C)n[nH]c12)N1CCN(C)CC1. The lowest BCUT2D eigenvalue weighted by Gasteiger charge is -2.36. The fourth-order valence-electron chi connectivity index (χ4n) is 4.85. The minimum absolute atomic E-state index is 0.00387. The lowest BCUT2D eigenvalue weighted by Crippen LogP contribution is -2.52. The van der Waals surface area contributed by atoms with Crippen molar-refractivity contribution < 1.29 is 9.53 Å². The number of nitrogens with one attached hydrogen (secondary N) is 3. The van der Waals surface area contributed by atoms with E-state index in [1.165, 1.54) is 0 Å². The van der Waals surface area contributed by atoms with E-state index in [-0.39, 0.29) is 11.9 Å². The molecular weight excluding hydrogens is 484 g/mol. The van der Waals surface area contributed by atoms with Gasteiger partial charge in [-0.2, -0.15) is 5.10 Å². The lowest BCUT2D eigenvalue weighted by molar-refractivity contribution is -0.122. The van der Waals surface area contributed by atoms with Crippen molar-refractivity contribution in [1.82, 2.24) is 39.7 Å². The molecule has 3 aromatic heterocycles. The number of rotatable bonds is 8. The summed E-state index contributed by atoms with van der Waals surface area (Å²) in [6.07, 6.45) is 4.30. The highest BCUT2D eigenvalue weighted by molar-refractivity contribution is 6.05. The molecule has 200 valence electrons. The van der Waals surface area contributed by atoms with Gasteiger partial charge in [-0.05, 0) is 32.0 Å². The van der Waals surface area contributed by atoms with Crippen molar-refractivity contribution in [3.05, 3.63) is 36.2 Å². The summed E-state index contributed by atoms with van der Waals surface area (Å²) in [4.78, 5) is 27.1. The van der Waals surface area contributed by atoms with Crippen LogP contribution in [0.25, 0.3) is 22.3 Å². The molecule has 1 aliphatic rings. The van der Waals surface area contributed by atoms with Crippen LogP contribution in [0.4, 0.5) is 17.3 Å². The zero-order valence-corrected chi connectivity index (χ0v) is 22.4. The summed E-state index contributed by atoms with van der Waals surface area (Å²) in [6, 6.07) is 5.61. The maximum absolute atomic E-state index is 13.3. The second kappa shape index (κ2) is 10.8. The number of amides is 1. The third-order valence-corrected chi connectivity index (χ3v) is 6.96. The van der Waals surface area contributed by atoms with Crippen molar-refractivity contribution in [1.29, 1.82) is 0 Å². The zero-order chi connectivity index (χ0) is 26.8. The number of anilines is 3. The average molecular weight is 519 g/mol. The molecule has 0 bridgehead atoms. The number of aromatic nitrogens is 6. The summed E-state index contributed by atoms with van der Waals surface area (Å²) in [5.74, 6) is 0.845. The van der Waals surface area contributed by atoms with Crippen molar-refractivity contribution in [2.24, 2.45) is 7.05 Å². The van der Waals surface area contributed by atoms with Gasteiger partial charge in [0.2, 0.25) is 11.9 Å². The molecule has 38 heavy (non-hydrogen) atoms. The summed E-state index contributed by atoms with van der Waals surface area (Å²) in [7, 11) is 5.49. The van der Waals surface area contributed by atoms with Gasteiger partial charge in [0.1, 0.15) is 11.4 Å². The van der Waals surface area contributed by atoms with Crippen LogP contribution in [0.2, 0.25) is 0 Å². The van der Waals surface area contributed by atoms with E-state index in [9.17, 15) is 4.79 Å². The van der Waals surface area contributed by atoms with Gasteiger partial charge in [-0.15, -0.1) is 5.10 Å². The quantitative estimate of drug-likeness (QED) is 0.322. The van der Waals surface area contributed by atoms with Crippen LogP contribution in [0.15, 0.2) is 30.6 Å². The van der Waals surface area contributed by atoms with Crippen molar-refractivity contribution in [2.75, 3.05) is 51.0 Å². The number of piperazine rings is 1. The van der Waals surface area contributed by atoms with E-state index in [4.69, 9.17) is 9.72 Å². The molecule has 0 unspecified atom stereocenters. The van der Waals surface area contributed by atoms with Gasteiger partial charge in [-0.1, -0.05) is 19.1 Å². The van der Waals surface area contributed by atoms with Crippen LogP contribution >= 0.6 is 0 Å². The first-order chi connectivity index (χ1) is 18.4. The average Bonchev–Trinajstić information content (AvgIpc) is 3.50. The second-order valence-electron chi connectivity index (χ2n) is 9.63. The molecule has 1 aliphatic heterocycles. The van der Waals surface area contributed by atoms with Crippen LogP contribution in [-0.4, -0.2) is 92.0 Å². The summed E-state index contributed by atoms with van der Waals surface area (Å²) in [5.41, 5.74) is 4.35. The first-order valence-electron chi connectivity index (χ1n) is 12.8. The third-order valence-electron chi connectivity index (χ3n) is 6.96. The maximum atomic E-state index is 13.3. The first kappa shape index (κ1) is 25.6. The van der Waals surface area contributed by atoms with Crippen LogP contribution in [-0.2, 0) is 11.8 Å². The standard InChI is InChI=1S/C26H34N10O2/c1-6-20(36-12-10-34(3)11-13-36)24(37)28-18-9-7-8-17-22(18)31-32-23(17)21-16(2)14-27-26(30-21)29-19-15-35(4)33-25(19)38-5/h7-9,14-15,20H,6,10-13H2,1-5H3,(H,28,37)(H,31,32)(H,27,29,30)/t20-/m0/s1. The Labute approximate surface area is 221 Å². The number of hydrogen-bond acceptors (Lipinski definition) is 9. The number of benzene rings is 1. The molecule has 0 spiro atoms. The lowest BCUT2D eigenvalue weighted by atomic mass is 10.1. The fraction of sp³-hybridized carbons (Fsp3) is 0.423. The normalized spacial score (nSPS) is 15.5. The number of aryl methyl sites for hydroxylation is 2. The minimum Gasteiger partial charge on any atom is -0.478 e. The highest BCUT2D eigenvalue weighted by Crippen LogP contribution is 2.32. The summed E-state index contributed by atoms with van der Waals surface area (Å²) in [6.45, 7) is 7.70. The van der Waals surface area contributed by atoms with Crippen LogP contribution in [0.1, 0.15) is 18.9 Å². The summed E-state index contributed by atoms with van der Waals surface area (Å²) in [5, 5.41) is 19.2. The Kier molecular flexibility index (Phi) is 7.25. The molecule has 1 fully saturated rings. The van der Waals surface area contributed by atoms with Crippen LogP contribution in [0.3, 0.4) is 0 Å². The minimum atomic E-state index is -0.177. The number of fused-ring (bicyclic) bond motifs is 1. The highest BCUT2D eigenvalue weighted by Gasteiger charge is 2.27. The van der Waals surface area contributed by atoms with E-state index in [1.807, 2.05) is 32.2 Å². The molecule has 0 aliphatic carbocycles. The van der Waals surface area contributed by atoms with E-state index in [0.29, 0.717) is 34.6 Å². The van der Waals surface area contributed by atoms with E-state index in [0.717, 1.165) is 49.1 Å². The number of aromatic amines is 1. The number of nitrogens with zero attached hydrogens (tertiary/aromatic N) is 7. The largest absolute Gasteiger partial charge is 0.478 e. The van der Waals surface area contributed by atoms with Crippen molar-refractivity contribution in [2.45, 2.75) is 26.3 Å². The van der Waals surface area contributed by atoms with Gasteiger partial charge in [-0.3, -0.25) is 19.5 Å². The Morgan fingerprint density at radius 2 is 1.95 bits per heavy atom. The highest BCUT2D eigenvalue weighted by atomic mass is 16.5. The number of ether oxygens (including phenoxy) is 1. The second-order valence-corrected chi connectivity index (χ2v) is 9.63. The molecule has 1 aromatic carbocycles. The molecule has 12 heteroatoms. The number of para-hydroxylation sites is 1. The molecular formula is C26H34N10O2. The molecule has 1 atom stereocenters. The van der Waals surface area contributed by atoms with Gasteiger partial charge >= 0.3 is 0 Å². The van der Waals surface area contributed by atoms with Crippen LogP contribution in [0, 0.1) is 6.92 Å². The smallest absolute Gasteiger partial charge is 0.256 e. The van der Waals surface area contributed by atoms with Gasteiger partial charge in [0.15, 0.2) is 0 Å². The Balaban J connectivity index is 1.41. The number of carbonyl (C=O) groups excluding carboxylic acids is 1. The van der Waals surface area contributed by atoms with Gasteiger partial charge in [0, 0.05) is 44.8 Å². The number of methoxy groups -OCH3 is 1. The fourth-order valence-corrected chi connectivity index (χ4v) is 4.85. The maximum Gasteiger partial charge on any atom is 0.256 e. The molecule has 1 saturated heterocycles. The molecule has 4 heterocycles. The molecule has 5 rings (SSSR count). The van der Waals surface area contributed by atoms with E-state index in [1.54, 1.807) is 24.2 Å². The molecule has 12 nitrogen and oxygen atoms in total. The van der Waals surface area contributed by atoms with Gasteiger partial charge in [0.05, 0.1) is 36.2 Å². The van der Waals surface area contributed by atoms with Crippen molar-refractivity contribution in [3.8, 4) is 17.3 Å². The molecule has 4 aromatic rings. The predicted octanol–water partition coefficient (Wildman–Crippen LogP) is 2.78. The summed E-state index contributed by atoms with van der Waals surface area (Å²) >= 11 is 0. The Bertz CT molecular complexity index is 1440. The molecule has 1 amide bonds. The third kappa shape index (κ3) is 5.04. The van der Waals surface area contributed by atoms with Gasteiger partial charge in [-0.25, -0.2) is 9.97 Å². The number of likely N-dealkylation sites (N-methyl/N-ethyl adjacent to an activating group) is 1. The Morgan fingerprint density at radius 3 is 2.68 bits per heavy atom. The first-order valence-corrected chi connectivity index (χ1v) is 12.8. The van der Waals surface area contributed by atoms with Gasteiger partial charge < -0.3 is 20.3 Å². The topological polar surface area (TPSA) is 129 Å². The van der Waals surface area contributed by atoms with E-state index >= 15 is 0 Å². The number of hydrogen-bond donors (Lipinski definition) is 3. The predicted molar refractivity (Wildman–Crippen MR) is 147 cm³/mol. The van der Waals surface area contributed by atoms with E-state index < -0.39 is 0 Å².